The van der Waals surface area contributed by atoms with Crippen LogP contribution in [-0.2, 0) is 4.79 Å². The monoisotopic (exact) mass is 526 g/mol. The predicted molar refractivity (Wildman–Crippen MR) is 134 cm³/mol. The number of carbonyl (C=O) groups excluding carboxylic acids is 1. The van der Waals surface area contributed by atoms with Crippen LogP contribution in [0.2, 0.25) is 10.0 Å². The third kappa shape index (κ3) is 5.35. The molecule has 0 spiro atoms. The molecule has 5 N–H and O–H groups in total. The lowest BCUT2D eigenvalue weighted by molar-refractivity contribution is -0.116. The number of amides is 1. The van der Waals surface area contributed by atoms with E-state index in [0.29, 0.717) is 16.3 Å². The lowest BCUT2D eigenvalue weighted by Gasteiger charge is -2.45. The minimum absolute atomic E-state index is 0.00909. The Labute approximate surface area is 208 Å². The van der Waals surface area contributed by atoms with Crippen LogP contribution in [-0.4, -0.2) is 40.9 Å². The fourth-order valence-corrected chi connectivity index (χ4v) is 5.48. The maximum Gasteiger partial charge on any atom is 0.238 e. The Kier molecular flexibility index (Phi) is 8.19. The van der Waals surface area contributed by atoms with Gasteiger partial charge in [0.05, 0.1) is 19.9 Å². The molecular formula is C23H24Cl2N2O6S. The van der Waals surface area contributed by atoms with Crippen molar-refractivity contribution in [2.24, 2.45) is 5.73 Å². The first-order chi connectivity index (χ1) is 16.1. The fraction of sp³-hybridized carbons (Fsp3) is 0.174. The molecule has 0 saturated heterocycles. The van der Waals surface area contributed by atoms with Gasteiger partial charge in [0, 0.05) is 27.2 Å². The van der Waals surface area contributed by atoms with Gasteiger partial charge in [-0.2, -0.15) is 0 Å². The highest BCUT2D eigenvalue weighted by Crippen LogP contribution is 2.58. The topological polar surface area (TPSA) is 125 Å². The molecule has 0 radical (unpaired) electrons. The van der Waals surface area contributed by atoms with E-state index in [1.54, 1.807) is 24.3 Å². The Morgan fingerprint density at radius 3 is 2.35 bits per heavy atom. The summed E-state index contributed by atoms with van der Waals surface area (Å²) in [4.78, 5) is 12.0. The van der Waals surface area contributed by atoms with Crippen LogP contribution in [0.5, 0.6) is 11.5 Å². The summed E-state index contributed by atoms with van der Waals surface area (Å²) in [6.07, 6.45) is -1.30. The van der Waals surface area contributed by atoms with Gasteiger partial charge in [-0.05, 0) is 36.4 Å². The normalized spacial score (nSPS) is 12.7. The van der Waals surface area contributed by atoms with Gasteiger partial charge in [-0.1, -0.05) is 52.2 Å². The Hall–Kier alpha value is -2.66. The van der Waals surface area contributed by atoms with E-state index in [2.05, 4.69) is 0 Å². The number of primary amides is 1. The molecule has 182 valence electrons. The summed E-state index contributed by atoms with van der Waals surface area (Å²) in [5, 5.41) is 11.8. The van der Waals surface area contributed by atoms with Gasteiger partial charge in [-0.3, -0.25) is 18.2 Å². The molecule has 0 bridgehead atoms. The number of methoxy groups -OCH3 is 2. The van der Waals surface area contributed by atoms with Gasteiger partial charge in [-0.15, -0.1) is 0 Å². The second-order valence-corrected chi connectivity index (χ2v) is 9.93. The van der Waals surface area contributed by atoms with E-state index in [0.717, 1.165) is 4.31 Å². The average molecular weight is 527 g/mol. The first-order valence-corrected chi connectivity index (χ1v) is 12.1. The second kappa shape index (κ2) is 10.7. The number of nitrogens with two attached hydrogens (primary N) is 1. The number of carbonyl (C=O) groups is 1. The maximum absolute atomic E-state index is 12.0. The summed E-state index contributed by atoms with van der Waals surface area (Å²) >= 11 is 12.5. The van der Waals surface area contributed by atoms with Crippen molar-refractivity contribution in [2.45, 2.75) is 11.0 Å². The van der Waals surface area contributed by atoms with E-state index < -0.39 is 29.3 Å². The molecule has 1 unspecified atom stereocenters. The van der Waals surface area contributed by atoms with Gasteiger partial charge >= 0.3 is 0 Å². The lowest BCUT2D eigenvalue weighted by Crippen LogP contribution is -2.37. The average Bonchev–Trinajstić information content (AvgIpc) is 2.81. The molecule has 0 saturated carbocycles. The van der Waals surface area contributed by atoms with Crippen molar-refractivity contribution in [1.29, 1.82) is 0 Å². The van der Waals surface area contributed by atoms with Crippen LogP contribution in [0.15, 0.2) is 65.6 Å². The Morgan fingerprint density at radius 2 is 1.74 bits per heavy atom. The Morgan fingerprint density at radius 1 is 1.03 bits per heavy atom. The summed E-state index contributed by atoms with van der Waals surface area (Å²) in [6, 6.07) is 15.5. The van der Waals surface area contributed by atoms with E-state index in [-0.39, 0.29) is 26.9 Å². The third-order valence-electron chi connectivity index (χ3n) is 5.03. The van der Waals surface area contributed by atoms with Crippen molar-refractivity contribution < 1.29 is 28.5 Å². The molecule has 1 atom stereocenters. The number of halogens is 2. The van der Waals surface area contributed by atoms with Crippen molar-refractivity contribution >= 4 is 45.6 Å². The first-order valence-electron chi connectivity index (χ1n) is 9.88. The van der Waals surface area contributed by atoms with E-state index in [1.165, 1.54) is 50.6 Å². The van der Waals surface area contributed by atoms with Crippen molar-refractivity contribution in [3.8, 4) is 11.5 Å². The standard InChI is InChI=1S/C23H24Cl2N2O6S/c1-32-15-8-10-21(20(12-15)33-2)34(30,31)27(13-22(26)28)19-9-7-14(24)11-17(19)23(29)16-5-3-4-6-18(16)25/h3-12,23,29-31H,13H2,1-2H3,(H2,26,28). The lowest BCUT2D eigenvalue weighted by atomic mass is 9.99. The first kappa shape index (κ1) is 26.0. The van der Waals surface area contributed by atoms with Gasteiger partial charge in [0.25, 0.3) is 0 Å². The van der Waals surface area contributed by atoms with E-state index in [4.69, 9.17) is 38.4 Å². The maximum atomic E-state index is 12.0. The zero-order chi connectivity index (χ0) is 25.0. The van der Waals surface area contributed by atoms with E-state index in [9.17, 15) is 19.0 Å². The Balaban J connectivity index is 2.21. The molecule has 3 aromatic carbocycles. The Bertz CT molecular complexity index is 1190. The molecule has 0 aliphatic carbocycles. The predicted octanol–water partition coefficient (Wildman–Crippen LogP) is 5.11. The van der Waals surface area contributed by atoms with Crippen LogP contribution >= 0.6 is 34.0 Å². The van der Waals surface area contributed by atoms with E-state index >= 15 is 0 Å². The van der Waals surface area contributed by atoms with Crippen LogP contribution in [0.1, 0.15) is 17.2 Å². The van der Waals surface area contributed by atoms with Crippen LogP contribution in [0.25, 0.3) is 0 Å². The smallest absolute Gasteiger partial charge is 0.238 e. The van der Waals surface area contributed by atoms with Gasteiger partial charge in [0.15, 0.2) is 0 Å². The molecule has 0 fully saturated rings. The number of anilines is 1. The highest BCUT2D eigenvalue weighted by atomic mass is 35.5. The highest BCUT2D eigenvalue weighted by Gasteiger charge is 2.33. The number of aliphatic hydroxyl groups excluding tert-OH is 1. The van der Waals surface area contributed by atoms with Crippen LogP contribution in [0.4, 0.5) is 5.69 Å². The number of rotatable bonds is 9. The molecule has 34 heavy (non-hydrogen) atoms. The molecule has 0 aromatic heterocycles. The van der Waals surface area contributed by atoms with Gasteiger partial charge in [0.1, 0.15) is 29.0 Å². The number of aliphatic hydroxyl groups is 1. The van der Waals surface area contributed by atoms with Crippen molar-refractivity contribution in [2.75, 3.05) is 25.1 Å². The molecule has 11 heteroatoms. The highest BCUT2D eigenvalue weighted by molar-refractivity contribution is 8.25. The second-order valence-electron chi connectivity index (χ2n) is 7.17. The van der Waals surface area contributed by atoms with Crippen molar-refractivity contribution in [3.05, 3.63) is 81.8 Å². The summed E-state index contributed by atoms with van der Waals surface area (Å²) < 4.78 is 34.4. The molecular weight excluding hydrogens is 503 g/mol. The number of nitrogens with zero attached hydrogens (tertiary/aromatic N) is 1. The number of hydrogen-bond donors (Lipinski definition) is 4. The molecule has 0 aliphatic heterocycles. The quantitative estimate of drug-likeness (QED) is 0.305. The van der Waals surface area contributed by atoms with Crippen LogP contribution in [0, 0.1) is 0 Å². The number of hydrogen-bond acceptors (Lipinski definition) is 7. The van der Waals surface area contributed by atoms with E-state index in [1.807, 2.05) is 0 Å². The summed E-state index contributed by atoms with van der Waals surface area (Å²) in [7, 11) is -1.09. The number of ether oxygens (including phenoxy) is 2. The summed E-state index contributed by atoms with van der Waals surface area (Å²) in [6.45, 7) is -0.582. The molecule has 0 heterocycles. The van der Waals surface area contributed by atoms with Crippen LogP contribution < -0.4 is 19.5 Å². The van der Waals surface area contributed by atoms with Gasteiger partial charge < -0.3 is 20.3 Å². The molecule has 8 nitrogen and oxygen atoms in total. The number of benzene rings is 3. The minimum Gasteiger partial charge on any atom is -0.497 e. The summed E-state index contributed by atoms with van der Waals surface area (Å²) in [5.41, 5.74) is 6.14. The molecule has 1 amide bonds. The van der Waals surface area contributed by atoms with Crippen molar-refractivity contribution in [3.63, 3.8) is 0 Å². The van der Waals surface area contributed by atoms with Crippen LogP contribution in [0.3, 0.4) is 0 Å². The fourth-order valence-electron chi connectivity index (χ4n) is 3.41. The molecule has 0 aliphatic rings. The molecule has 3 rings (SSSR count). The zero-order valence-electron chi connectivity index (χ0n) is 18.3. The zero-order valence-corrected chi connectivity index (χ0v) is 20.6. The minimum atomic E-state index is -3.91. The van der Waals surface area contributed by atoms with Gasteiger partial charge in [0.2, 0.25) is 5.91 Å². The summed E-state index contributed by atoms with van der Waals surface area (Å²) in [5.74, 6) is -0.282. The van der Waals surface area contributed by atoms with Crippen molar-refractivity contribution in [1.82, 2.24) is 0 Å². The van der Waals surface area contributed by atoms with Gasteiger partial charge in [-0.25, -0.2) is 0 Å². The largest absolute Gasteiger partial charge is 0.497 e. The molecule has 3 aromatic rings. The third-order valence-corrected chi connectivity index (χ3v) is 7.47. The SMILES string of the molecule is COc1ccc(S(O)(O)N(CC(N)=O)c2ccc(Cl)cc2C(O)c2ccccc2Cl)c(OC)c1.